The number of rotatable bonds is 6. The van der Waals surface area contributed by atoms with Gasteiger partial charge in [-0.1, -0.05) is 6.07 Å². The molecular formula is C18H22N4O3. The molecule has 7 nitrogen and oxygen atoms in total. The van der Waals surface area contributed by atoms with Crippen LogP contribution < -0.4 is 9.64 Å². The highest BCUT2D eigenvalue weighted by molar-refractivity contribution is 5.91. The maximum atomic E-state index is 11.9. The number of anilines is 1. The number of hydrogen-bond acceptors (Lipinski definition) is 6. The number of methoxy groups -OCH3 is 1. The van der Waals surface area contributed by atoms with Crippen molar-refractivity contribution in [2.24, 2.45) is 11.8 Å². The smallest absolute Gasteiger partial charge is 0.345 e. The van der Waals surface area contributed by atoms with E-state index in [0.29, 0.717) is 18.7 Å². The van der Waals surface area contributed by atoms with Gasteiger partial charge in [-0.15, -0.1) is 5.10 Å². The molecule has 2 fully saturated rings. The van der Waals surface area contributed by atoms with Gasteiger partial charge in [-0.25, -0.2) is 9.78 Å². The molecule has 2 aromatic heterocycles. The Morgan fingerprint density at radius 2 is 2.12 bits per heavy atom. The van der Waals surface area contributed by atoms with E-state index in [2.05, 4.69) is 27.1 Å². The molecule has 1 saturated carbocycles. The monoisotopic (exact) mass is 342 g/mol. The highest BCUT2D eigenvalue weighted by atomic mass is 16.5. The molecule has 7 heteroatoms. The van der Waals surface area contributed by atoms with Crippen molar-refractivity contribution in [3.8, 4) is 5.88 Å². The Bertz CT molecular complexity index is 761. The maximum Gasteiger partial charge on any atom is 0.345 e. The predicted molar refractivity (Wildman–Crippen MR) is 91.9 cm³/mol. The SMILES string of the molecule is CCOC(=O)c1cn(Cc2ccc(N3CC4CC4C3)nc2)nc1OC. The molecule has 0 spiro atoms. The summed E-state index contributed by atoms with van der Waals surface area (Å²) in [6.07, 6.45) is 4.91. The molecule has 2 atom stereocenters. The van der Waals surface area contributed by atoms with E-state index in [4.69, 9.17) is 9.47 Å². The number of carbonyl (C=O) groups excluding carboxylic acids is 1. The van der Waals surface area contributed by atoms with Gasteiger partial charge in [-0.05, 0) is 36.8 Å². The van der Waals surface area contributed by atoms with Crippen molar-refractivity contribution in [2.45, 2.75) is 19.9 Å². The van der Waals surface area contributed by atoms with Crippen LogP contribution in [0.2, 0.25) is 0 Å². The number of hydrogen-bond donors (Lipinski definition) is 0. The maximum absolute atomic E-state index is 11.9. The second-order valence-electron chi connectivity index (χ2n) is 6.66. The lowest BCUT2D eigenvalue weighted by Crippen LogP contribution is -2.22. The molecule has 25 heavy (non-hydrogen) atoms. The van der Waals surface area contributed by atoms with Crippen LogP contribution in [-0.4, -0.2) is 47.5 Å². The molecular weight excluding hydrogens is 320 g/mol. The van der Waals surface area contributed by atoms with E-state index in [0.717, 1.165) is 36.3 Å². The summed E-state index contributed by atoms with van der Waals surface area (Å²) in [6.45, 7) is 4.88. The molecule has 4 rings (SSSR count). The number of fused-ring (bicyclic) bond motifs is 1. The highest BCUT2D eigenvalue weighted by Gasteiger charge is 2.45. The predicted octanol–water partition coefficient (Wildman–Crippen LogP) is 1.97. The van der Waals surface area contributed by atoms with Gasteiger partial charge in [0, 0.05) is 25.5 Å². The highest BCUT2D eigenvalue weighted by Crippen LogP contribution is 2.45. The first-order chi connectivity index (χ1) is 12.2. The van der Waals surface area contributed by atoms with Crippen molar-refractivity contribution < 1.29 is 14.3 Å². The molecule has 2 aromatic rings. The second kappa shape index (κ2) is 6.38. The molecule has 1 saturated heterocycles. The molecule has 2 unspecified atom stereocenters. The number of piperidine rings is 1. The molecule has 0 N–H and O–H groups in total. The molecule has 3 heterocycles. The van der Waals surface area contributed by atoms with Crippen molar-refractivity contribution >= 4 is 11.8 Å². The molecule has 2 aliphatic rings. The molecule has 0 aromatic carbocycles. The minimum Gasteiger partial charge on any atom is -0.479 e. The number of carbonyl (C=O) groups is 1. The fraction of sp³-hybridized carbons (Fsp3) is 0.500. The van der Waals surface area contributed by atoms with Gasteiger partial charge in [0.1, 0.15) is 11.4 Å². The zero-order valence-corrected chi connectivity index (χ0v) is 14.5. The van der Waals surface area contributed by atoms with Crippen LogP contribution in [0.25, 0.3) is 0 Å². The van der Waals surface area contributed by atoms with E-state index >= 15 is 0 Å². The van der Waals surface area contributed by atoms with Crippen LogP contribution in [0.1, 0.15) is 29.3 Å². The van der Waals surface area contributed by atoms with Gasteiger partial charge in [0.15, 0.2) is 0 Å². The van der Waals surface area contributed by atoms with Crippen molar-refractivity contribution in [3.05, 3.63) is 35.7 Å². The Morgan fingerprint density at radius 1 is 1.32 bits per heavy atom. The number of esters is 1. The summed E-state index contributed by atoms with van der Waals surface area (Å²) in [5, 5.41) is 4.30. The first kappa shape index (κ1) is 15.9. The zero-order valence-electron chi connectivity index (χ0n) is 14.5. The van der Waals surface area contributed by atoms with E-state index in [-0.39, 0.29) is 5.88 Å². The Kier molecular flexibility index (Phi) is 4.07. The number of pyridine rings is 1. The van der Waals surface area contributed by atoms with Gasteiger partial charge < -0.3 is 14.4 Å². The Balaban J connectivity index is 1.45. The van der Waals surface area contributed by atoms with Crippen molar-refractivity contribution in [3.63, 3.8) is 0 Å². The number of nitrogens with zero attached hydrogens (tertiary/aromatic N) is 4. The Hall–Kier alpha value is -2.57. The largest absolute Gasteiger partial charge is 0.479 e. The molecule has 0 radical (unpaired) electrons. The standard InChI is InChI=1S/C18H22N4O3/c1-3-25-18(23)15-11-22(20-17(15)24-2)8-12-4-5-16(19-7-12)21-9-13-6-14(13)10-21/h4-5,7,11,13-14H,3,6,8-10H2,1-2H3. The van der Waals surface area contributed by atoms with Gasteiger partial charge in [-0.2, -0.15) is 0 Å². The van der Waals surface area contributed by atoms with Crippen LogP contribution >= 0.6 is 0 Å². The lowest BCUT2D eigenvalue weighted by Gasteiger charge is -2.18. The normalized spacial score (nSPS) is 21.1. The molecule has 0 amide bonds. The van der Waals surface area contributed by atoms with Gasteiger partial charge in [0.25, 0.3) is 0 Å². The third kappa shape index (κ3) is 3.18. The minimum absolute atomic E-state index is 0.277. The third-order valence-electron chi connectivity index (χ3n) is 4.87. The van der Waals surface area contributed by atoms with Crippen molar-refractivity contribution in [1.29, 1.82) is 0 Å². The first-order valence-corrected chi connectivity index (χ1v) is 8.66. The zero-order chi connectivity index (χ0) is 17.4. The van der Waals surface area contributed by atoms with Crippen LogP contribution in [-0.2, 0) is 11.3 Å². The van der Waals surface area contributed by atoms with Crippen molar-refractivity contribution in [2.75, 3.05) is 31.7 Å². The van der Waals surface area contributed by atoms with Crippen molar-refractivity contribution in [1.82, 2.24) is 14.8 Å². The van der Waals surface area contributed by atoms with E-state index in [1.54, 1.807) is 17.8 Å². The van der Waals surface area contributed by atoms with Crippen LogP contribution in [0.3, 0.4) is 0 Å². The van der Waals surface area contributed by atoms with Gasteiger partial charge in [-0.3, -0.25) is 4.68 Å². The fourth-order valence-electron chi connectivity index (χ4n) is 3.45. The average Bonchev–Trinajstić information content (AvgIpc) is 3.05. The fourth-order valence-corrected chi connectivity index (χ4v) is 3.45. The van der Waals surface area contributed by atoms with E-state index < -0.39 is 5.97 Å². The number of ether oxygens (including phenoxy) is 2. The summed E-state index contributed by atoms with van der Waals surface area (Å²) in [5.74, 6) is 2.67. The van der Waals surface area contributed by atoms with Crippen LogP contribution in [0, 0.1) is 11.8 Å². The molecule has 1 aliphatic carbocycles. The minimum atomic E-state index is -0.424. The summed E-state index contributed by atoms with van der Waals surface area (Å²) in [5.41, 5.74) is 1.36. The quantitative estimate of drug-likeness (QED) is 0.748. The van der Waals surface area contributed by atoms with Gasteiger partial charge in [0.2, 0.25) is 5.88 Å². The van der Waals surface area contributed by atoms with E-state index in [9.17, 15) is 4.79 Å². The summed E-state index contributed by atoms with van der Waals surface area (Å²) in [7, 11) is 1.49. The molecule has 1 aliphatic heterocycles. The number of aromatic nitrogens is 3. The van der Waals surface area contributed by atoms with Gasteiger partial charge in [0.05, 0.1) is 20.3 Å². The summed E-state index contributed by atoms with van der Waals surface area (Å²) in [6, 6.07) is 4.12. The van der Waals surface area contributed by atoms with Crippen LogP contribution in [0.4, 0.5) is 5.82 Å². The van der Waals surface area contributed by atoms with Gasteiger partial charge >= 0.3 is 5.97 Å². The second-order valence-corrected chi connectivity index (χ2v) is 6.66. The topological polar surface area (TPSA) is 69.5 Å². The lowest BCUT2D eigenvalue weighted by molar-refractivity contribution is 0.0522. The average molecular weight is 342 g/mol. The van der Waals surface area contributed by atoms with E-state index in [1.807, 2.05) is 6.20 Å². The first-order valence-electron chi connectivity index (χ1n) is 8.66. The third-order valence-corrected chi connectivity index (χ3v) is 4.87. The summed E-state index contributed by atoms with van der Waals surface area (Å²) >= 11 is 0. The summed E-state index contributed by atoms with van der Waals surface area (Å²) < 4.78 is 11.9. The molecule has 0 bridgehead atoms. The Morgan fingerprint density at radius 3 is 2.76 bits per heavy atom. The molecule has 132 valence electrons. The summed E-state index contributed by atoms with van der Waals surface area (Å²) in [4.78, 5) is 18.9. The lowest BCUT2D eigenvalue weighted by atomic mass is 10.2. The van der Waals surface area contributed by atoms with Crippen LogP contribution in [0.5, 0.6) is 5.88 Å². The Labute approximate surface area is 146 Å². The van der Waals surface area contributed by atoms with Crippen LogP contribution in [0.15, 0.2) is 24.5 Å². The van der Waals surface area contributed by atoms with E-state index in [1.165, 1.54) is 13.5 Å².